The van der Waals surface area contributed by atoms with Crippen molar-refractivity contribution < 1.29 is 13.2 Å². The monoisotopic (exact) mass is 191 g/mol. The lowest BCUT2D eigenvalue weighted by molar-refractivity contribution is -0.140. The molecule has 0 saturated carbocycles. The van der Waals surface area contributed by atoms with E-state index in [1.807, 2.05) is 0 Å². The summed E-state index contributed by atoms with van der Waals surface area (Å²) in [5, 5.41) is 0.0838. The quantitative estimate of drug-likeness (QED) is 0.567. The number of halogens is 4. The molecule has 0 N–H and O–H groups in total. The van der Waals surface area contributed by atoms with E-state index in [2.05, 4.69) is 4.98 Å². The van der Waals surface area contributed by atoms with Gasteiger partial charge < -0.3 is 0 Å². The average molecular weight is 191 g/mol. The third kappa shape index (κ3) is 1.91. The lowest BCUT2D eigenvalue weighted by atomic mass is 9.94. The SMILES string of the molecule is [B]c1cc(Cl)cnc1C(F)(F)F. The van der Waals surface area contributed by atoms with Crippen LogP contribution in [-0.2, 0) is 6.18 Å². The highest BCUT2D eigenvalue weighted by atomic mass is 35.5. The average Bonchev–Trinajstić information content (AvgIpc) is 1.83. The van der Waals surface area contributed by atoms with Gasteiger partial charge in [0.05, 0.1) is 5.02 Å². The Labute approximate surface area is 73.0 Å². The van der Waals surface area contributed by atoms with Crippen LogP contribution in [0.3, 0.4) is 0 Å². The Morgan fingerprint density at radius 3 is 2.42 bits per heavy atom. The molecule has 0 aliphatic heterocycles. The minimum absolute atomic E-state index is 0.0838. The van der Waals surface area contributed by atoms with Crippen LogP contribution in [0.5, 0.6) is 0 Å². The van der Waals surface area contributed by atoms with Gasteiger partial charge in [-0.05, 0) is 6.07 Å². The summed E-state index contributed by atoms with van der Waals surface area (Å²) >= 11 is 5.36. The number of nitrogens with zero attached hydrogens (tertiary/aromatic N) is 1. The Balaban J connectivity index is 3.19. The molecule has 0 unspecified atom stereocenters. The molecule has 0 bridgehead atoms. The Hall–Kier alpha value is -0.705. The lowest BCUT2D eigenvalue weighted by Crippen LogP contribution is -2.21. The Morgan fingerprint density at radius 2 is 2.00 bits per heavy atom. The van der Waals surface area contributed by atoms with Gasteiger partial charge in [0, 0.05) is 6.20 Å². The highest BCUT2D eigenvalue weighted by Crippen LogP contribution is 2.26. The molecule has 0 aromatic carbocycles. The van der Waals surface area contributed by atoms with Crippen molar-refractivity contribution in [2.45, 2.75) is 6.18 Å². The van der Waals surface area contributed by atoms with Crippen molar-refractivity contribution >= 4 is 24.9 Å². The van der Waals surface area contributed by atoms with E-state index in [1.54, 1.807) is 0 Å². The minimum atomic E-state index is -4.52. The Bertz CT molecular complexity index is 299. The number of pyridine rings is 1. The first kappa shape index (κ1) is 9.38. The van der Waals surface area contributed by atoms with Gasteiger partial charge in [-0.25, -0.2) is 0 Å². The molecule has 1 aromatic rings. The van der Waals surface area contributed by atoms with Crippen LogP contribution in [0.15, 0.2) is 12.3 Å². The highest BCUT2D eigenvalue weighted by molar-refractivity contribution is 6.36. The summed E-state index contributed by atoms with van der Waals surface area (Å²) in [6.07, 6.45) is -3.62. The molecule has 0 spiro atoms. The molecule has 0 aliphatic rings. The van der Waals surface area contributed by atoms with Gasteiger partial charge in [-0.3, -0.25) is 4.98 Å². The van der Waals surface area contributed by atoms with Gasteiger partial charge in [-0.15, -0.1) is 0 Å². The van der Waals surface area contributed by atoms with E-state index in [-0.39, 0.29) is 5.02 Å². The van der Waals surface area contributed by atoms with E-state index in [4.69, 9.17) is 19.4 Å². The van der Waals surface area contributed by atoms with Crippen LogP contribution < -0.4 is 5.46 Å². The van der Waals surface area contributed by atoms with Gasteiger partial charge in [-0.1, -0.05) is 17.1 Å². The van der Waals surface area contributed by atoms with E-state index >= 15 is 0 Å². The molecule has 1 rings (SSSR count). The molecule has 2 radical (unpaired) electrons. The molecule has 0 saturated heterocycles. The topological polar surface area (TPSA) is 12.9 Å². The summed E-state index contributed by atoms with van der Waals surface area (Å²) in [4.78, 5) is 3.07. The van der Waals surface area contributed by atoms with Crippen LogP contribution in [0.1, 0.15) is 5.69 Å². The van der Waals surface area contributed by atoms with Gasteiger partial charge >= 0.3 is 6.18 Å². The van der Waals surface area contributed by atoms with Gasteiger partial charge in [0.1, 0.15) is 13.5 Å². The molecular formula is C6H2BClF3N. The van der Waals surface area contributed by atoms with E-state index in [9.17, 15) is 13.2 Å². The highest BCUT2D eigenvalue weighted by Gasteiger charge is 2.33. The summed E-state index contributed by atoms with van der Waals surface area (Å²) in [6.45, 7) is 0. The van der Waals surface area contributed by atoms with Crippen LogP contribution in [0.2, 0.25) is 5.02 Å². The van der Waals surface area contributed by atoms with Crippen LogP contribution in [0, 0.1) is 0 Å². The summed E-state index contributed by atoms with van der Waals surface area (Å²) in [5.74, 6) is 0. The summed E-state index contributed by atoms with van der Waals surface area (Å²) in [7, 11) is 5.04. The maximum absolute atomic E-state index is 12.0. The van der Waals surface area contributed by atoms with E-state index in [0.29, 0.717) is 0 Å². The van der Waals surface area contributed by atoms with Gasteiger partial charge in [-0.2, -0.15) is 13.2 Å². The molecule has 62 valence electrons. The molecule has 1 nitrogen and oxygen atoms in total. The van der Waals surface area contributed by atoms with Crippen molar-refractivity contribution in [3.63, 3.8) is 0 Å². The van der Waals surface area contributed by atoms with Crippen LogP contribution in [0.4, 0.5) is 13.2 Å². The molecule has 6 heteroatoms. The summed E-state index contributed by atoms with van der Waals surface area (Å²) in [5.41, 5.74) is -1.57. The molecule has 0 amide bonds. The van der Waals surface area contributed by atoms with Gasteiger partial charge in [0.15, 0.2) is 0 Å². The van der Waals surface area contributed by atoms with Crippen molar-refractivity contribution in [2.75, 3.05) is 0 Å². The number of alkyl halides is 3. The fourth-order valence-corrected chi connectivity index (χ4v) is 0.858. The Morgan fingerprint density at radius 1 is 1.42 bits per heavy atom. The van der Waals surface area contributed by atoms with E-state index in [1.165, 1.54) is 0 Å². The number of hydrogen-bond donors (Lipinski definition) is 0. The predicted molar refractivity (Wildman–Crippen MR) is 39.6 cm³/mol. The molecule has 1 heterocycles. The van der Waals surface area contributed by atoms with Crippen molar-refractivity contribution in [2.24, 2.45) is 0 Å². The standard InChI is InChI=1S/C6H2BClF3N/c7-4-1-3(8)2-12-5(4)6(9,10)11/h1-2H. The number of rotatable bonds is 0. The minimum Gasteiger partial charge on any atom is -0.251 e. The summed E-state index contributed by atoms with van der Waals surface area (Å²) < 4.78 is 36.0. The fourth-order valence-electron chi connectivity index (χ4n) is 0.692. The number of hydrogen-bond acceptors (Lipinski definition) is 1. The fraction of sp³-hybridized carbons (Fsp3) is 0.167. The van der Waals surface area contributed by atoms with Crippen LogP contribution in [-0.4, -0.2) is 12.8 Å². The second-order valence-corrected chi connectivity index (χ2v) is 2.53. The maximum atomic E-state index is 12.0. The lowest BCUT2D eigenvalue weighted by Gasteiger charge is -2.08. The van der Waals surface area contributed by atoms with Crippen LogP contribution >= 0.6 is 11.6 Å². The van der Waals surface area contributed by atoms with Crippen molar-refractivity contribution in [1.29, 1.82) is 0 Å². The second-order valence-electron chi connectivity index (χ2n) is 2.09. The third-order valence-electron chi connectivity index (χ3n) is 1.15. The van der Waals surface area contributed by atoms with Crippen molar-refractivity contribution in [1.82, 2.24) is 4.98 Å². The number of aromatic nitrogens is 1. The maximum Gasteiger partial charge on any atom is 0.432 e. The van der Waals surface area contributed by atoms with E-state index < -0.39 is 17.3 Å². The third-order valence-corrected chi connectivity index (χ3v) is 1.36. The van der Waals surface area contributed by atoms with Crippen molar-refractivity contribution in [3.8, 4) is 0 Å². The molecule has 0 fully saturated rings. The zero-order chi connectivity index (χ0) is 9.35. The normalized spacial score (nSPS) is 11.7. The second kappa shape index (κ2) is 2.97. The Kier molecular flexibility index (Phi) is 2.33. The van der Waals surface area contributed by atoms with Crippen molar-refractivity contribution in [3.05, 3.63) is 23.0 Å². The first-order chi connectivity index (χ1) is 5.41. The van der Waals surface area contributed by atoms with Crippen LogP contribution in [0.25, 0.3) is 0 Å². The van der Waals surface area contributed by atoms with Gasteiger partial charge in [0.2, 0.25) is 0 Å². The largest absolute Gasteiger partial charge is 0.432 e. The first-order valence-electron chi connectivity index (χ1n) is 2.89. The molecular weight excluding hydrogens is 189 g/mol. The smallest absolute Gasteiger partial charge is 0.251 e. The van der Waals surface area contributed by atoms with E-state index in [0.717, 1.165) is 12.3 Å². The predicted octanol–water partition coefficient (Wildman–Crippen LogP) is 1.55. The first-order valence-corrected chi connectivity index (χ1v) is 3.27. The summed E-state index contributed by atoms with van der Waals surface area (Å²) in [6, 6.07) is 1.01. The molecule has 1 aromatic heterocycles. The zero-order valence-electron chi connectivity index (χ0n) is 5.69. The molecule has 0 aliphatic carbocycles. The zero-order valence-corrected chi connectivity index (χ0v) is 6.45. The van der Waals surface area contributed by atoms with Gasteiger partial charge in [0.25, 0.3) is 0 Å². The molecule has 0 atom stereocenters. The molecule has 12 heavy (non-hydrogen) atoms.